The molecule has 0 saturated carbocycles. The minimum Gasteiger partial charge on any atom is -0.481 e. The molecule has 6 nitrogen and oxygen atoms in total. The lowest BCUT2D eigenvalue weighted by Crippen LogP contribution is -2.20. The van der Waals surface area contributed by atoms with E-state index in [2.05, 4.69) is 15.3 Å². The van der Waals surface area contributed by atoms with E-state index in [0.717, 1.165) is 6.42 Å². The number of nitrogens with zero attached hydrogens (tertiary/aromatic N) is 1. The van der Waals surface area contributed by atoms with Crippen molar-refractivity contribution in [3.05, 3.63) is 22.2 Å². The van der Waals surface area contributed by atoms with Gasteiger partial charge in [0.25, 0.3) is 5.56 Å². The second-order valence-corrected chi connectivity index (χ2v) is 6.41. The summed E-state index contributed by atoms with van der Waals surface area (Å²) in [6.45, 7) is 8.68. The minimum absolute atomic E-state index is 0.0620. The van der Waals surface area contributed by atoms with E-state index in [-0.39, 0.29) is 23.3 Å². The van der Waals surface area contributed by atoms with Gasteiger partial charge in [0.05, 0.1) is 0 Å². The van der Waals surface area contributed by atoms with Crippen LogP contribution in [0, 0.1) is 5.41 Å². The molecule has 0 saturated heterocycles. The van der Waals surface area contributed by atoms with Gasteiger partial charge in [0.1, 0.15) is 11.6 Å². The summed E-state index contributed by atoms with van der Waals surface area (Å²) in [5.74, 6) is 0.618. The summed E-state index contributed by atoms with van der Waals surface area (Å²) in [4.78, 5) is 29.2. The quantitative estimate of drug-likeness (QED) is 0.685. The minimum atomic E-state index is -0.770. The summed E-state index contributed by atoms with van der Waals surface area (Å²) in [6.07, 6.45) is 1.61. The zero-order valence-corrected chi connectivity index (χ0v) is 13.2. The van der Waals surface area contributed by atoms with Gasteiger partial charge in [-0.2, -0.15) is 0 Å². The third-order valence-corrected chi connectivity index (χ3v) is 3.43. The Hall–Kier alpha value is -1.85. The second-order valence-electron chi connectivity index (χ2n) is 6.41. The second kappa shape index (κ2) is 7.24. The van der Waals surface area contributed by atoms with Crippen LogP contribution in [0.4, 0.5) is 5.82 Å². The molecule has 1 heterocycles. The maximum atomic E-state index is 11.6. The molecular formula is C15H25N3O3. The van der Waals surface area contributed by atoms with Crippen LogP contribution in [0.5, 0.6) is 0 Å². The Bertz CT molecular complexity index is 535. The zero-order valence-electron chi connectivity index (χ0n) is 13.2. The van der Waals surface area contributed by atoms with Crippen molar-refractivity contribution in [2.45, 2.75) is 52.9 Å². The molecular weight excluding hydrogens is 270 g/mol. The highest BCUT2D eigenvalue weighted by Crippen LogP contribution is 2.26. The highest BCUT2D eigenvalue weighted by Gasteiger charge is 2.18. The van der Waals surface area contributed by atoms with Crippen molar-refractivity contribution in [1.82, 2.24) is 9.97 Å². The third-order valence-electron chi connectivity index (χ3n) is 3.43. The Morgan fingerprint density at radius 1 is 1.43 bits per heavy atom. The molecule has 0 unspecified atom stereocenters. The highest BCUT2D eigenvalue weighted by molar-refractivity contribution is 5.66. The smallest absolute Gasteiger partial charge is 0.303 e. The van der Waals surface area contributed by atoms with E-state index in [1.807, 2.05) is 27.7 Å². The highest BCUT2D eigenvalue weighted by atomic mass is 16.4. The monoisotopic (exact) mass is 295 g/mol. The molecule has 118 valence electrons. The largest absolute Gasteiger partial charge is 0.481 e. The molecule has 0 atom stereocenters. The predicted octanol–water partition coefficient (Wildman–Crippen LogP) is 2.59. The number of carboxylic acids is 1. The molecule has 1 aromatic rings. The summed E-state index contributed by atoms with van der Waals surface area (Å²) >= 11 is 0. The van der Waals surface area contributed by atoms with E-state index in [4.69, 9.17) is 5.11 Å². The van der Waals surface area contributed by atoms with Gasteiger partial charge in [-0.15, -0.1) is 0 Å². The Labute approximate surface area is 125 Å². The van der Waals surface area contributed by atoms with Crippen LogP contribution in [0.2, 0.25) is 0 Å². The fraction of sp³-hybridized carbons (Fsp3) is 0.667. The van der Waals surface area contributed by atoms with Crippen LogP contribution in [0.1, 0.15) is 58.7 Å². The van der Waals surface area contributed by atoms with Crippen molar-refractivity contribution in [3.8, 4) is 0 Å². The Kier molecular flexibility index (Phi) is 5.93. The number of rotatable bonds is 8. The normalized spacial score (nSPS) is 11.7. The van der Waals surface area contributed by atoms with Gasteiger partial charge in [-0.05, 0) is 18.3 Å². The average Bonchev–Trinajstić information content (AvgIpc) is 2.35. The third kappa shape index (κ3) is 6.42. The molecule has 6 heteroatoms. The van der Waals surface area contributed by atoms with Gasteiger partial charge >= 0.3 is 5.97 Å². The number of nitrogens with one attached hydrogen (secondary N) is 2. The first kappa shape index (κ1) is 17.2. The van der Waals surface area contributed by atoms with Crippen molar-refractivity contribution in [2.75, 3.05) is 11.9 Å². The predicted molar refractivity (Wildman–Crippen MR) is 82.7 cm³/mol. The van der Waals surface area contributed by atoms with Crippen LogP contribution in [-0.2, 0) is 4.79 Å². The van der Waals surface area contributed by atoms with Crippen molar-refractivity contribution < 1.29 is 9.90 Å². The fourth-order valence-electron chi connectivity index (χ4n) is 1.94. The maximum Gasteiger partial charge on any atom is 0.303 e. The number of anilines is 1. The molecule has 0 aliphatic heterocycles. The average molecular weight is 295 g/mol. The van der Waals surface area contributed by atoms with Gasteiger partial charge in [-0.3, -0.25) is 9.59 Å². The summed E-state index contributed by atoms with van der Waals surface area (Å²) in [7, 11) is 0. The first-order valence-electron chi connectivity index (χ1n) is 7.26. The lowest BCUT2D eigenvalue weighted by Gasteiger charge is -2.24. The molecule has 0 aliphatic carbocycles. The number of aromatic nitrogens is 2. The van der Waals surface area contributed by atoms with Crippen molar-refractivity contribution in [2.24, 2.45) is 5.41 Å². The summed E-state index contributed by atoms with van der Waals surface area (Å²) in [6, 6.07) is 1.44. The van der Waals surface area contributed by atoms with Crippen molar-refractivity contribution in [3.63, 3.8) is 0 Å². The van der Waals surface area contributed by atoms with E-state index in [9.17, 15) is 9.59 Å². The molecule has 0 aliphatic rings. The number of aromatic amines is 1. The van der Waals surface area contributed by atoms with Crippen LogP contribution < -0.4 is 10.9 Å². The van der Waals surface area contributed by atoms with Crippen LogP contribution in [0.3, 0.4) is 0 Å². The zero-order chi connectivity index (χ0) is 16.0. The molecule has 0 spiro atoms. The van der Waals surface area contributed by atoms with Crippen molar-refractivity contribution in [1.29, 1.82) is 0 Å². The number of aliphatic carboxylic acids is 1. The van der Waals surface area contributed by atoms with Crippen LogP contribution >= 0.6 is 0 Å². The van der Waals surface area contributed by atoms with Crippen LogP contribution in [-0.4, -0.2) is 27.6 Å². The van der Waals surface area contributed by atoms with E-state index in [1.54, 1.807) is 0 Å². The lowest BCUT2D eigenvalue weighted by atomic mass is 9.84. The summed E-state index contributed by atoms with van der Waals surface area (Å²) in [5.41, 5.74) is -0.227. The molecule has 0 bridgehead atoms. The molecule has 1 rings (SSSR count). The van der Waals surface area contributed by atoms with E-state index in [0.29, 0.717) is 24.6 Å². The van der Waals surface area contributed by atoms with E-state index >= 15 is 0 Å². The number of carboxylic acid groups (broad SMARTS) is 1. The van der Waals surface area contributed by atoms with Crippen molar-refractivity contribution >= 4 is 11.8 Å². The van der Waals surface area contributed by atoms with Crippen LogP contribution in [0.25, 0.3) is 0 Å². The Balaban J connectivity index is 2.56. The van der Waals surface area contributed by atoms with Gasteiger partial charge in [0.15, 0.2) is 0 Å². The first-order valence-corrected chi connectivity index (χ1v) is 7.26. The fourth-order valence-corrected chi connectivity index (χ4v) is 1.94. The van der Waals surface area contributed by atoms with E-state index in [1.165, 1.54) is 6.07 Å². The van der Waals surface area contributed by atoms with Crippen LogP contribution in [0.15, 0.2) is 10.9 Å². The van der Waals surface area contributed by atoms with Gasteiger partial charge in [-0.25, -0.2) is 4.98 Å². The summed E-state index contributed by atoms with van der Waals surface area (Å²) < 4.78 is 0. The van der Waals surface area contributed by atoms with Gasteiger partial charge in [0.2, 0.25) is 0 Å². The van der Waals surface area contributed by atoms with Gasteiger partial charge in [-0.1, -0.05) is 27.7 Å². The maximum absolute atomic E-state index is 11.6. The molecule has 1 aromatic heterocycles. The molecule has 21 heavy (non-hydrogen) atoms. The standard InChI is InChI=1S/C15H25N3O3/c1-10(2)14-17-11(9-12(19)18-14)16-8-7-15(3,4)6-5-13(20)21/h9-10H,5-8H2,1-4H3,(H,20,21)(H2,16,17,18,19). The number of H-pyrrole nitrogens is 1. The Morgan fingerprint density at radius 3 is 2.67 bits per heavy atom. The lowest BCUT2D eigenvalue weighted by molar-refractivity contribution is -0.137. The van der Waals surface area contributed by atoms with Gasteiger partial charge < -0.3 is 15.4 Å². The molecule has 0 radical (unpaired) electrons. The number of carbonyl (C=O) groups is 1. The molecule has 0 amide bonds. The van der Waals surface area contributed by atoms with E-state index < -0.39 is 5.97 Å². The SMILES string of the molecule is CC(C)c1nc(NCCC(C)(C)CCC(=O)O)cc(=O)[nH]1. The molecule has 0 fully saturated rings. The Morgan fingerprint density at radius 2 is 2.10 bits per heavy atom. The molecule has 3 N–H and O–H groups in total. The first-order chi connectivity index (χ1) is 9.69. The number of hydrogen-bond acceptors (Lipinski definition) is 4. The van der Waals surface area contributed by atoms with Gasteiger partial charge in [0, 0.05) is 24.9 Å². The number of hydrogen-bond donors (Lipinski definition) is 3. The topological polar surface area (TPSA) is 95.1 Å². The molecule has 0 aromatic carbocycles. The summed E-state index contributed by atoms with van der Waals surface area (Å²) in [5, 5.41) is 11.9.